The quantitative estimate of drug-likeness (QED) is 0.423. The minimum atomic E-state index is -0.550. The number of carbonyl (C=O) groups excluding carboxylic acids is 1. The molecule has 0 aliphatic rings. The minimum Gasteiger partial charge on any atom is -0.486 e. The van der Waals surface area contributed by atoms with E-state index in [-0.39, 0.29) is 36.8 Å². The summed E-state index contributed by atoms with van der Waals surface area (Å²) in [6, 6.07) is 8.65. The van der Waals surface area contributed by atoms with Gasteiger partial charge < -0.3 is 14.5 Å². The Labute approximate surface area is 163 Å². The Kier molecular flexibility index (Phi) is 5.83. The zero-order valence-electron chi connectivity index (χ0n) is 14.9. The molecule has 1 N–H and O–H groups in total. The van der Waals surface area contributed by atoms with Crippen LogP contribution in [0, 0.1) is 20.2 Å². The maximum absolute atomic E-state index is 12.1. The van der Waals surface area contributed by atoms with Crippen molar-refractivity contribution < 1.29 is 23.8 Å². The van der Waals surface area contributed by atoms with Crippen molar-refractivity contribution in [2.75, 3.05) is 6.54 Å². The van der Waals surface area contributed by atoms with Crippen LogP contribution < -0.4 is 10.1 Å². The molecule has 3 aromatic rings. The molecule has 0 atom stereocenters. The fraction of sp³-hybridized carbons (Fsp3) is 0.176. The smallest absolute Gasteiger partial charge is 0.306 e. The average molecular weight is 401 g/mol. The van der Waals surface area contributed by atoms with Crippen molar-refractivity contribution >= 4 is 17.3 Å². The highest BCUT2D eigenvalue weighted by Crippen LogP contribution is 2.19. The predicted molar refractivity (Wildman–Crippen MR) is 97.4 cm³/mol. The molecule has 29 heavy (non-hydrogen) atoms. The molecule has 150 valence electrons. The summed E-state index contributed by atoms with van der Waals surface area (Å²) in [5.74, 6) is 0.453. The van der Waals surface area contributed by atoms with E-state index in [1.165, 1.54) is 41.2 Å². The topological polar surface area (TPSA) is 156 Å². The van der Waals surface area contributed by atoms with Crippen LogP contribution in [-0.4, -0.2) is 32.1 Å². The first-order chi connectivity index (χ1) is 13.9. The first kappa shape index (κ1) is 19.5. The van der Waals surface area contributed by atoms with Gasteiger partial charge in [0.1, 0.15) is 30.5 Å². The van der Waals surface area contributed by atoms with Crippen molar-refractivity contribution in [3.05, 3.63) is 80.5 Å². The van der Waals surface area contributed by atoms with Crippen molar-refractivity contribution in [1.29, 1.82) is 0 Å². The maximum Gasteiger partial charge on any atom is 0.306 e. The van der Waals surface area contributed by atoms with Gasteiger partial charge in [0.05, 0.1) is 16.4 Å². The number of nitro groups is 2. The fourth-order valence-electron chi connectivity index (χ4n) is 2.34. The summed E-state index contributed by atoms with van der Waals surface area (Å²) in [5, 5.41) is 27.7. The van der Waals surface area contributed by atoms with E-state index in [2.05, 4.69) is 10.4 Å². The lowest BCUT2D eigenvalue weighted by Crippen LogP contribution is -2.27. The van der Waals surface area contributed by atoms with E-state index in [0.717, 1.165) is 6.20 Å². The molecule has 0 fully saturated rings. The number of nitro benzene ring substituents is 1. The number of hydrogen-bond donors (Lipinski definition) is 1. The summed E-state index contributed by atoms with van der Waals surface area (Å²) in [4.78, 5) is 32.3. The second-order valence-electron chi connectivity index (χ2n) is 5.78. The van der Waals surface area contributed by atoms with Crippen LogP contribution in [0.5, 0.6) is 5.75 Å². The molecule has 12 heteroatoms. The van der Waals surface area contributed by atoms with Gasteiger partial charge >= 0.3 is 5.69 Å². The van der Waals surface area contributed by atoms with Crippen molar-refractivity contribution in [2.45, 2.75) is 13.2 Å². The Morgan fingerprint density at radius 1 is 1.10 bits per heavy atom. The molecule has 0 aliphatic carbocycles. The van der Waals surface area contributed by atoms with Gasteiger partial charge in [-0.25, -0.2) is 0 Å². The van der Waals surface area contributed by atoms with Crippen LogP contribution >= 0.6 is 0 Å². The largest absolute Gasteiger partial charge is 0.486 e. The number of amides is 1. The monoisotopic (exact) mass is 401 g/mol. The highest BCUT2D eigenvalue weighted by Gasteiger charge is 2.13. The predicted octanol–water partition coefficient (Wildman–Crippen LogP) is 2.30. The summed E-state index contributed by atoms with van der Waals surface area (Å²) < 4.78 is 12.2. The molecule has 1 amide bonds. The van der Waals surface area contributed by atoms with Gasteiger partial charge in [-0.1, -0.05) is 0 Å². The van der Waals surface area contributed by atoms with Crippen LogP contribution in [0.25, 0.3) is 0 Å². The van der Waals surface area contributed by atoms with Gasteiger partial charge in [0.15, 0.2) is 5.76 Å². The normalized spacial score (nSPS) is 10.5. The van der Waals surface area contributed by atoms with Crippen LogP contribution in [0.2, 0.25) is 0 Å². The van der Waals surface area contributed by atoms with Crippen molar-refractivity contribution in [2.24, 2.45) is 0 Å². The number of nitrogens with one attached hydrogen (secondary N) is 1. The second-order valence-corrected chi connectivity index (χ2v) is 5.78. The second kappa shape index (κ2) is 8.65. The lowest BCUT2D eigenvalue weighted by molar-refractivity contribution is -0.385. The van der Waals surface area contributed by atoms with Crippen LogP contribution in [0.3, 0.4) is 0 Å². The SMILES string of the molecule is O=C(NCCn1cc([N+](=O)[O-])cn1)c1ccc(COc2ccc([N+](=O)[O-])cc2)o1. The molecular weight excluding hydrogens is 386 g/mol. The van der Waals surface area contributed by atoms with Crippen molar-refractivity contribution in [1.82, 2.24) is 15.1 Å². The van der Waals surface area contributed by atoms with E-state index >= 15 is 0 Å². The van der Waals surface area contributed by atoms with E-state index in [9.17, 15) is 25.0 Å². The van der Waals surface area contributed by atoms with E-state index < -0.39 is 15.8 Å². The Morgan fingerprint density at radius 2 is 1.83 bits per heavy atom. The molecule has 12 nitrogen and oxygen atoms in total. The molecule has 0 saturated heterocycles. The van der Waals surface area contributed by atoms with Gasteiger partial charge in [-0.15, -0.1) is 0 Å². The van der Waals surface area contributed by atoms with Gasteiger partial charge in [-0.05, 0) is 24.3 Å². The molecule has 0 aliphatic heterocycles. The van der Waals surface area contributed by atoms with Gasteiger partial charge in [-0.2, -0.15) is 5.10 Å². The number of furan rings is 1. The summed E-state index contributed by atoms with van der Waals surface area (Å²) in [7, 11) is 0. The molecule has 0 spiro atoms. The third-order valence-corrected chi connectivity index (χ3v) is 3.77. The van der Waals surface area contributed by atoms with Gasteiger partial charge in [-0.3, -0.25) is 29.7 Å². The summed E-state index contributed by atoms with van der Waals surface area (Å²) >= 11 is 0. The Morgan fingerprint density at radius 3 is 2.48 bits per heavy atom. The molecule has 0 radical (unpaired) electrons. The Bertz CT molecular complexity index is 1020. The summed E-state index contributed by atoms with van der Waals surface area (Å²) in [6.45, 7) is 0.505. The molecule has 0 bridgehead atoms. The molecular formula is C17H15N5O7. The molecule has 0 unspecified atom stereocenters. The average Bonchev–Trinajstić information content (AvgIpc) is 3.36. The highest BCUT2D eigenvalue weighted by atomic mass is 16.6. The van der Waals surface area contributed by atoms with E-state index in [0.29, 0.717) is 11.5 Å². The van der Waals surface area contributed by atoms with Crippen LogP contribution in [0.15, 0.2) is 53.2 Å². The number of ether oxygens (including phenoxy) is 1. The summed E-state index contributed by atoms with van der Waals surface area (Å²) in [5.41, 5.74) is -0.168. The number of nitrogens with zero attached hydrogens (tertiary/aromatic N) is 4. The Balaban J connectivity index is 1.46. The Hall–Kier alpha value is -4.22. The summed E-state index contributed by atoms with van der Waals surface area (Å²) in [6.07, 6.45) is 2.40. The molecule has 1 aromatic carbocycles. The fourth-order valence-corrected chi connectivity index (χ4v) is 2.34. The number of carbonyl (C=O) groups is 1. The van der Waals surface area contributed by atoms with Crippen LogP contribution in [0.4, 0.5) is 11.4 Å². The lowest BCUT2D eigenvalue weighted by Gasteiger charge is -2.04. The molecule has 0 saturated carbocycles. The number of hydrogen-bond acceptors (Lipinski definition) is 8. The van der Waals surface area contributed by atoms with Crippen LogP contribution in [0.1, 0.15) is 16.3 Å². The number of non-ortho nitro benzene ring substituents is 1. The zero-order chi connectivity index (χ0) is 20.8. The number of aromatic nitrogens is 2. The van der Waals surface area contributed by atoms with Crippen LogP contribution in [-0.2, 0) is 13.2 Å². The van der Waals surface area contributed by atoms with Gasteiger partial charge in [0.25, 0.3) is 11.6 Å². The van der Waals surface area contributed by atoms with E-state index in [1.807, 2.05) is 0 Å². The van der Waals surface area contributed by atoms with E-state index in [1.54, 1.807) is 6.07 Å². The minimum absolute atomic E-state index is 0.0426. The molecule has 2 heterocycles. The number of benzene rings is 1. The lowest BCUT2D eigenvalue weighted by atomic mass is 10.3. The van der Waals surface area contributed by atoms with Crippen molar-refractivity contribution in [3.8, 4) is 5.75 Å². The standard InChI is InChI=1S/C17H15N5O7/c23-17(18-7-8-20-10-13(9-19-20)22(26)27)16-6-5-15(29-16)11-28-14-3-1-12(2-4-14)21(24)25/h1-6,9-10H,7-8,11H2,(H,18,23). The van der Waals surface area contributed by atoms with Gasteiger partial charge in [0, 0.05) is 18.7 Å². The van der Waals surface area contributed by atoms with Gasteiger partial charge in [0.2, 0.25) is 0 Å². The number of rotatable bonds is 9. The maximum atomic E-state index is 12.1. The zero-order valence-corrected chi connectivity index (χ0v) is 14.9. The first-order valence-corrected chi connectivity index (χ1v) is 8.33. The molecule has 3 rings (SSSR count). The van der Waals surface area contributed by atoms with E-state index in [4.69, 9.17) is 9.15 Å². The molecule has 2 aromatic heterocycles. The third kappa shape index (κ3) is 5.15. The third-order valence-electron chi connectivity index (χ3n) is 3.77. The first-order valence-electron chi connectivity index (χ1n) is 8.33. The van der Waals surface area contributed by atoms with Crippen molar-refractivity contribution in [3.63, 3.8) is 0 Å². The highest BCUT2D eigenvalue weighted by molar-refractivity contribution is 5.91.